The quantitative estimate of drug-likeness (QED) is 0.801. The van der Waals surface area contributed by atoms with E-state index in [0.717, 1.165) is 31.3 Å². The summed E-state index contributed by atoms with van der Waals surface area (Å²) in [6.45, 7) is 0. The molecule has 1 fully saturated rings. The zero-order valence-corrected chi connectivity index (χ0v) is 12.2. The minimum atomic E-state index is 0.0796. The second-order valence-electron chi connectivity index (χ2n) is 5.69. The smallest absolute Gasteiger partial charge is 0.228 e. The highest BCUT2D eigenvalue weighted by atomic mass is 16.3. The van der Waals surface area contributed by atoms with E-state index in [1.807, 2.05) is 40.9 Å². The normalized spacial score (nSPS) is 15.5. The molecule has 1 amide bonds. The van der Waals surface area contributed by atoms with Crippen molar-refractivity contribution in [2.45, 2.75) is 25.7 Å². The van der Waals surface area contributed by atoms with Crippen LogP contribution in [0.15, 0.2) is 47.2 Å². The van der Waals surface area contributed by atoms with Crippen LogP contribution < -0.4 is 5.32 Å². The molecule has 3 aromatic rings. The molecule has 112 valence electrons. The van der Waals surface area contributed by atoms with Crippen LogP contribution in [-0.4, -0.2) is 15.3 Å². The number of amides is 1. The number of anilines is 1. The molecule has 5 nitrogen and oxygen atoms in total. The number of hydrogen-bond acceptors (Lipinski definition) is 3. The third-order valence-electron chi connectivity index (χ3n) is 4.25. The standard InChI is InChI=1S/C17H17N3O2/c21-17(12-6-1-2-7-12)19-16-15(13-8-5-11-22-13)18-14-9-3-4-10-20(14)16/h3-5,8-12H,1-2,6-7H2,(H,19,21). The van der Waals surface area contributed by atoms with Crippen LogP contribution in [0.3, 0.4) is 0 Å². The Morgan fingerprint density at radius 3 is 2.86 bits per heavy atom. The lowest BCUT2D eigenvalue weighted by molar-refractivity contribution is -0.119. The molecule has 1 N–H and O–H groups in total. The highest BCUT2D eigenvalue weighted by molar-refractivity contribution is 5.95. The van der Waals surface area contributed by atoms with Crippen LogP contribution in [0.5, 0.6) is 0 Å². The molecule has 1 aliphatic rings. The van der Waals surface area contributed by atoms with E-state index in [4.69, 9.17) is 4.42 Å². The largest absolute Gasteiger partial charge is 0.463 e. The minimum absolute atomic E-state index is 0.0796. The van der Waals surface area contributed by atoms with Crippen molar-refractivity contribution in [1.82, 2.24) is 9.38 Å². The van der Waals surface area contributed by atoms with E-state index in [1.165, 1.54) is 0 Å². The van der Waals surface area contributed by atoms with E-state index < -0.39 is 0 Å². The number of furan rings is 1. The summed E-state index contributed by atoms with van der Waals surface area (Å²) < 4.78 is 7.36. The van der Waals surface area contributed by atoms with Gasteiger partial charge in [-0.25, -0.2) is 4.98 Å². The van der Waals surface area contributed by atoms with Gasteiger partial charge >= 0.3 is 0 Å². The third kappa shape index (κ3) is 2.19. The highest BCUT2D eigenvalue weighted by Gasteiger charge is 2.25. The molecule has 1 aliphatic carbocycles. The number of nitrogens with one attached hydrogen (secondary N) is 1. The summed E-state index contributed by atoms with van der Waals surface area (Å²) in [5.74, 6) is 1.53. The number of pyridine rings is 1. The Morgan fingerprint density at radius 2 is 2.09 bits per heavy atom. The Morgan fingerprint density at radius 1 is 1.23 bits per heavy atom. The summed E-state index contributed by atoms with van der Waals surface area (Å²) >= 11 is 0. The van der Waals surface area contributed by atoms with E-state index in [0.29, 0.717) is 17.3 Å². The van der Waals surface area contributed by atoms with Gasteiger partial charge in [0.25, 0.3) is 0 Å². The molecule has 0 saturated heterocycles. The second-order valence-corrected chi connectivity index (χ2v) is 5.69. The van der Waals surface area contributed by atoms with Gasteiger partial charge in [0, 0.05) is 12.1 Å². The minimum Gasteiger partial charge on any atom is -0.463 e. The molecule has 5 heteroatoms. The number of carbonyl (C=O) groups is 1. The van der Waals surface area contributed by atoms with Gasteiger partial charge in [-0.15, -0.1) is 0 Å². The van der Waals surface area contributed by atoms with Crippen molar-refractivity contribution in [3.05, 3.63) is 42.8 Å². The Labute approximate surface area is 128 Å². The lowest BCUT2D eigenvalue weighted by Gasteiger charge is -2.11. The molecule has 0 unspecified atom stereocenters. The van der Waals surface area contributed by atoms with Crippen molar-refractivity contribution in [2.24, 2.45) is 5.92 Å². The van der Waals surface area contributed by atoms with Gasteiger partial charge in [0.05, 0.1) is 6.26 Å². The fourth-order valence-corrected chi connectivity index (χ4v) is 3.11. The van der Waals surface area contributed by atoms with Gasteiger partial charge in [-0.05, 0) is 37.1 Å². The van der Waals surface area contributed by atoms with E-state index in [1.54, 1.807) is 6.26 Å². The zero-order chi connectivity index (χ0) is 14.9. The lowest BCUT2D eigenvalue weighted by Crippen LogP contribution is -2.21. The topological polar surface area (TPSA) is 59.5 Å². The Balaban J connectivity index is 1.77. The Hall–Kier alpha value is -2.56. The van der Waals surface area contributed by atoms with Crippen molar-refractivity contribution in [3.63, 3.8) is 0 Å². The maximum Gasteiger partial charge on any atom is 0.228 e. The summed E-state index contributed by atoms with van der Waals surface area (Å²) in [6.07, 6.45) is 7.73. The number of fused-ring (bicyclic) bond motifs is 1. The van der Waals surface area contributed by atoms with Gasteiger partial charge in [0.2, 0.25) is 5.91 Å². The van der Waals surface area contributed by atoms with Crippen LogP contribution in [0.2, 0.25) is 0 Å². The number of rotatable bonds is 3. The van der Waals surface area contributed by atoms with Crippen molar-refractivity contribution >= 4 is 17.4 Å². The van der Waals surface area contributed by atoms with Gasteiger partial charge < -0.3 is 9.73 Å². The maximum atomic E-state index is 12.5. The van der Waals surface area contributed by atoms with Crippen molar-refractivity contribution in [3.8, 4) is 11.5 Å². The first-order valence-corrected chi connectivity index (χ1v) is 7.65. The predicted molar refractivity (Wildman–Crippen MR) is 83.5 cm³/mol. The number of aromatic nitrogens is 2. The molecule has 4 rings (SSSR count). The fraction of sp³-hybridized carbons (Fsp3) is 0.294. The maximum absolute atomic E-state index is 12.5. The van der Waals surface area contributed by atoms with Gasteiger partial charge in [0.1, 0.15) is 17.2 Å². The summed E-state index contributed by atoms with van der Waals surface area (Å²) in [5.41, 5.74) is 1.46. The molecular formula is C17H17N3O2. The summed E-state index contributed by atoms with van der Waals surface area (Å²) in [6, 6.07) is 9.44. The van der Waals surface area contributed by atoms with Crippen LogP contribution in [0.4, 0.5) is 5.82 Å². The van der Waals surface area contributed by atoms with E-state index in [2.05, 4.69) is 10.3 Å². The average molecular weight is 295 g/mol. The van der Waals surface area contributed by atoms with Crippen molar-refractivity contribution in [2.75, 3.05) is 5.32 Å². The Kier molecular flexibility index (Phi) is 3.18. The molecule has 0 spiro atoms. The van der Waals surface area contributed by atoms with E-state index in [9.17, 15) is 4.79 Å². The molecule has 1 saturated carbocycles. The van der Waals surface area contributed by atoms with Crippen LogP contribution >= 0.6 is 0 Å². The molecule has 0 aliphatic heterocycles. The third-order valence-corrected chi connectivity index (χ3v) is 4.25. The molecule has 3 heterocycles. The van der Waals surface area contributed by atoms with Gasteiger partial charge in [-0.1, -0.05) is 18.9 Å². The molecule has 0 bridgehead atoms. The van der Waals surface area contributed by atoms with E-state index in [-0.39, 0.29) is 11.8 Å². The number of nitrogens with zero attached hydrogens (tertiary/aromatic N) is 2. The van der Waals surface area contributed by atoms with Crippen LogP contribution in [-0.2, 0) is 4.79 Å². The van der Waals surface area contributed by atoms with Gasteiger partial charge in [-0.3, -0.25) is 9.20 Å². The summed E-state index contributed by atoms with van der Waals surface area (Å²) in [4.78, 5) is 17.1. The molecule has 22 heavy (non-hydrogen) atoms. The van der Waals surface area contributed by atoms with Crippen molar-refractivity contribution in [1.29, 1.82) is 0 Å². The van der Waals surface area contributed by atoms with E-state index >= 15 is 0 Å². The number of imidazole rings is 1. The first kappa shape index (κ1) is 13.1. The molecule has 0 aromatic carbocycles. The highest BCUT2D eigenvalue weighted by Crippen LogP contribution is 2.31. The first-order valence-electron chi connectivity index (χ1n) is 7.65. The lowest BCUT2D eigenvalue weighted by atomic mass is 10.1. The molecule has 0 atom stereocenters. The Bertz CT molecular complexity index is 799. The van der Waals surface area contributed by atoms with Crippen LogP contribution in [0, 0.1) is 5.92 Å². The zero-order valence-electron chi connectivity index (χ0n) is 12.2. The van der Waals surface area contributed by atoms with Gasteiger partial charge in [0.15, 0.2) is 5.76 Å². The number of hydrogen-bond donors (Lipinski definition) is 1. The molecule has 0 radical (unpaired) electrons. The van der Waals surface area contributed by atoms with Gasteiger partial charge in [-0.2, -0.15) is 0 Å². The van der Waals surface area contributed by atoms with Crippen molar-refractivity contribution < 1.29 is 9.21 Å². The second kappa shape index (κ2) is 5.33. The average Bonchev–Trinajstić information content (AvgIpc) is 3.28. The molecular weight excluding hydrogens is 278 g/mol. The number of carbonyl (C=O) groups excluding carboxylic acids is 1. The SMILES string of the molecule is O=C(Nc1c(-c2ccco2)nc2ccccn12)C1CCCC1. The van der Waals surface area contributed by atoms with Crippen LogP contribution in [0.25, 0.3) is 17.1 Å². The monoisotopic (exact) mass is 295 g/mol. The first-order chi connectivity index (χ1) is 10.8. The summed E-state index contributed by atoms with van der Waals surface area (Å²) in [5, 5.41) is 3.07. The predicted octanol–water partition coefficient (Wildman–Crippen LogP) is 3.72. The summed E-state index contributed by atoms with van der Waals surface area (Å²) in [7, 11) is 0. The van der Waals surface area contributed by atoms with Crippen LogP contribution in [0.1, 0.15) is 25.7 Å². The fourth-order valence-electron chi connectivity index (χ4n) is 3.11. The molecule has 3 aromatic heterocycles.